The minimum Gasteiger partial charge on any atom is -0.495 e. The van der Waals surface area contributed by atoms with Crippen LogP contribution in [-0.4, -0.2) is 12.1 Å². The van der Waals surface area contributed by atoms with Crippen molar-refractivity contribution < 1.29 is 9.13 Å². The molecule has 0 radical (unpaired) electrons. The first kappa shape index (κ1) is 8.27. The van der Waals surface area contributed by atoms with Gasteiger partial charge in [-0.1, -0.05) is 0 Å². The molecule has 0 aliphatic rings. The number of rotatable bonds is 2. The Kier molecular flexibility index (Phi) is 2.65. The molecule has 0 saturated heterocycles. The van der Waals surface area contributed by atoms with E-state index in [1.54, 1.807) is 0 Å². The number of ether oxygens (including phenoxy) is 1. The van der Waals surface area contributed by atoms with Crippen molar-refractivity contribution in [2.24, 2.45) is 0 Å². The van der Waals surface area contributed by atoms with Gasteiger partial charge in [0.1, 0.15) is 11.6 Å². The van der Waals surface area contributed by atoms with Crippen molar-refractivity contribution in [3.63, 3.8) is 0 Å². The fourth-order valence-corrected chi connectivity index (χ4v) is 1.01. The van der Waals surface area contributed by atoms with Gasteiger partial charge in [0.25, 0.3) is 0 Å². The van der Waals surface area contributed by atoms with Crippen molar-refractivity contribution in [1.82, 2.24) is 4.98 Å². The predicted octanol–water partition coefficient (Wildman–Crippen LogP) is 1.97. The van der Waals surface area contributed by atoms with Gasteiger partial charge in [-0.15, -0.1) is 11.6 Å². The van der Waals surface area contributed by atoms with E-state index in [9.17, 15) is 4.39 Å². The Morgan fingerprint density at radius 3 is 2.82 bits per heavy atom. The minimum atomic E-state index is -0.431. The summed E-state index contributed by atoms with van der Waals surface area (Å²) in [4.78, 5) is 3.61. The van der Waals surface area contributed by atoms with Crippen LogP contribution in [0.4, 0.5) is 4.39 Å². The molecule has 0 spiro atoms. The molecule has 0 unspecified atom stereocenters. The molecule has 4 heteroatoms. The first-order valence-electron chi connectivity index (χ1n) is 3.02. The molecule has 0 atom stereocenters. The second-order valence-corrected chi connectivity index (χ2v) is 2.20. The van der Waals surface area contributed by atoms with Crippen molar-refractivity contribution in [2.45, 2.75) is 5.88 Å². The van der Waals surface area contributed by atoms with Gasteiger partial charge in [-0.05, 0) is 0 Å². The molecule has 1 aromatic rings. The highest BCUT2D eigenvalue weighted by molar-refractivity contribution is 6.17. The van der Waals surface area contributed by atoms with Gasteiger partial charge in [0.05, 0.1) is 25.4 Å². The fraction of sp³-hybridized carbons (Fsp3) is 0.286. The predicted molar refractivity (Wildman–Crippen MR) is 40.3 cm³/mol. The van der Waals surface area contributed by atoms with E-state index in [4.69, 9.17) is 16.3 Å². The normalized spacial score (nSPS) is 9.73. The van der Waals surface area contributed by atoms with Crippen molar-refractivity contribution in [2.75, 3.05) is 7.11 Å². The van der Waals surface area contributed by atoms with Crippen LogP contribution >= 0.6 is 11.6 Å². The van der Waals surface area contributed by atoms with Crippen molar-refractivity contribution >= 4 is 11.6 Å². The maximum absolute atomic E-state index is 12.8. The van der Waals surface area contributed by atoms with Crippen LogP contribution in [0.2, 0.25) is 0 Å². The molecule has 0 bridgehead atoms. The van der Waals surface area contributed by atoms with Crippen molar-refractivity contribution in [3.8, 4) is 5.75 Å². The van der Waals surface area contributed by atoms with Gasteiger partial charge in [0.15, 0.2) is 0 Å². The summed E-state index contributed by atoms with van der Waals surface area (Å²) >= 11 is 5.47. The van der Waals surface area contributed by atoms with Gasteiger partial charge in [-0.2, -0.15) is 0 Å². The average Bonchev–Trinajstić information content (AvgIpc) is 2.04. The number of hydrogen-bond donors (Lipinski definition) is 0. The maximum atomic E-state index is 12.8. The third kappa shape index (κ3) is 1.60. The van der Waals surface area contributed by atoms with Gasteiger partial charge in [-0.3, -0.25) is 4.98 Å². The summed E-state index contributed by atoms with van der Waals surface area (Å²) in [5.74, 6) is 0.0525. The number of hydrogen-bond acceptors (Lipinski definition) is 2. The average molecular weight is 176 g/mol. The Hall–Kier alpha value is -0.830. The lowest BCUT2D eigenvalue weighted by atomic mass is 10.3. The lowest BCUT2D eigenvalue weighted by molar-refractivity contribution is 0.404. The zero-order valence-electron chi connectivity index (χ0n) is 5.97. The molecule has 60 valence electrons. The zero-order chi connectivity index (χ0) is 8.27. The van der Waals surface area contributed by atoms with E-state index in [1.165, 1.54) is 13.3 Å². The summed E-state index contributed by atoms with van der Waals surface area (Å²) in [6.45, 7) is 0. The molecular formula is C7H7ClFNO. The zero-order valence-corrected chi connectivity index (χ0v) is 6.73. The summed E-state index contributed by atoms with van der Waals surface area (Å²) in [5, 5.41) is 0. The summed E-state index contributed by atoms with van der Waals surface area (Å²) in [5.41, 5.74) is 0.351. The smallest absolute Gasteiger partial charge is 0.149 e. The SMILES string of the molecule is COc1cncc(F)c1CCl. The molecule has 0 N–H and O–H groups in total. The minimum absolute atomic E-state index is 0.0948. The highest BCUT2D eigenvalue weighted by Gasteiger charge is 2.06. The van der Waals surface area contributed by atoms with Crippen LogP contribution in [-0.2, 0) is 5.88 Å². The van der Waals surface area contributed by atoms with E-state index in [-0.39, 0.29) is 5.88 Å². The molecule has 11 heavy (non-hydrogen) atoms. The fourth-order valence-electron chi connectivity index (χ4n) is 0.750. The number of nitrogens with zero attached hydrogens (tertiary/aromatic N) is 1. The molecule has 1 rings (SSSR count). The number of halogens is 2. The largest absolute Gasteiger partial charge is 0.495 e. The topological polar surface area (TPSA) is 22.1 Å². The standard InChI is InChI=1S/C7H7ClFNO/c1-11-7-4-10-3-6(9)5(7)2-8/h3-4H,2H2,1H3. The van der Waals surface area contributed by atoms with E-state index < -0.39 is 5.82 Å². The molecule has 2 nitrogen and oxygen atoms in total. The highest BCUT2D eigenvalue weighted by atomic mass is 35.5. The Balaban J connectivity index is 3.13. The van der Waals surface area contributed by atoms with Gasteiger partial charge < -0.3 is 4.74 Å². The van der Waals surface area contributed by atoms with Crippen LogP contribution < -0.4 is 4.74 Å². The summed E-state index contributed by atoms with van der Waals surface area (Å²) in [6, 6.07) is 0. The van der Waals surface area contributed by atoms with Crippen molar-refractivity contribution in [1.29, 1.82) is 0 Å². The van der Waals surface area contributed by atoms with E-state index in [1.807, 2.05) is 0 Å². The van der Waals surface area contributed by atoms with Gasteiger partial charge in [-0.25, -0.2) is 4.39 Å². The Morgan fingerprint density at radius 1 is 1.64 bits per heavy atom. The van der Waals surface area contributed by atoms with E-state index >= 15 is 0 Å². The molecule has 0 aromatic carbocycles. The Labute approximate surface area is 69.0 Å². The molecule has 0 saturated carbocycles. The number of aromatic nitrogens is 1. The molecule has 1 aromatic heterocycles. The van der Waals surface area contributed by atoms with Crippen LogP contribution in [0.3, 0.4) is 0 Å². The number of pyridine rings is 1. The molecule has 0 fully saturated rings. The van der Waals surface area contributed by atoms with Crippen molar-refractivity contribution in [3.05, 3.63) is 23.8 Å². The number of methoxy groups -OCH3 is 1. The molecular weight excluding hydrogens is 169 g/mol. The van der Waals surface area contributed by atoms with Crippen LogP contribution in [0.1, 0.15) is 5.56 Å². The van der Waals surface area contributed by atoms with E-state index in [0.29, 0.717) is 11.3 Å². The molecule has 0 aliphatic heterocycles. The first-order chi connectivity index (χ1) is 5.29. The lowest BCUT2D eigenvalue weighted by Gasteiger charge is -2.04. The van der Waals surface area contributed by atoms with Crippen LogP contribution in [0, 0.1) is 5.82 Å². The second-order valence-electron chi connectivity index (χ2n) is 1.94. The van der Waals surface area contributed by atoms with Crippen LogP contribution in [0.5, 0.6) is 5.75 Å². The second kappa shape index (κ2) is 3.53. The molecule has 1 heterocycles. The summed E-state index contributed by atoms with van der Waals surface area (Å²) in [6.07, 6.45) is 2.54. The summed E-state index contributed by atoms with van der Waals surface area (Å²) < 4.78 is 17.6. The van der Waals surface area contributed by atoms with E-state index in [0.717, 1.165) is 6.20 Å². The quantitative estimate of drug-likeness (QED) is 0.642. The third-order valence-corrected chi connectivity index (χ3v) is 1.59. The summed E-state index contributed by atoms with van der Waals surface area (Å²) in [7, 11) is 1.45. The Bertz CT molecular complexity index is 254. The highest BCUT2D eigenvalue weighted by Crippen LogP contribution is 2.20. The van der Waals surface area contributed by atoms with E-state index in [2.05, 4.69) is 4.98 Å². The third-order valence-electron chi connectivity index (χ3n) is 1.32. The lowest BCUT2D eigenvalue weighted by Crippen LogP contribution is -1.94. The Morgan fingerprint density at radius 2 is 2.36 bits per heavy atom. The maximum Gasteiger partial charge on any atom is 0.149 e. The van der Waals surface area contributed by atoms with Crippen LogP contribution in [0.15, 0.2) is 12.4 Å². The van der Waals surface area contributed by atoms with Gasteiger partial charge in [0.2, 0.25) is 0 Å². The monoisotopic (exact) mass is 175 g/mol. The van der Waals surface area contributed by atoms with Gasteiger partial charge in [0, 0.05) is 5.56 Å². The van der Waals surface area contributed by atoms with Gasteiger partial charge >= 0.3 is 0 Å². The molecule has 0 amide bonds. The van der Waals surface area contributed by atoms with Crippen LogP contribution in [0.25, 0.3) is 0 Å². The number of alkyl halides is 1. The molecule has 0 aliphatic carbocycles. The first-order valence-corrected chi connectivity index (χ1v) is 3.55.